The van der Waals surface area contributed by atoms with Crippen molar-refractivity contribution in [2.24, 2.45) is 0 Å². The topological polar surface area (TPSA) is 38.7 Å². The van der Waals surface area contributed by atoms with E-state index < -0.39 is 0 Å². The summed E-state index contributed by atoms with van der Waals surface area (Å²) < 4.78 is 0. The molecule has 3 nitrogen and oxygen atoms in total. The van der Waals surface area contributed by atoms with Crippen LogP contribution in [0, 0.1) is 0 Å². The summed E-state index contributed by atoms with van der Waals surface area (Å²) in [6, 6.07) is 0. The van der Waals surface area contributed by atoms with E-state index in [4.69, 9.17) is 0 Å². The number of unbranched alkanes of at least 4 members (excludes halogenated alkanes) is 6. The van der Waals surface area contributed by atoms with Crippen LogP contribution < -0.4 is 0 Å². The van der Waals surface area contributed by atoms with Crippen LogP contribution in [0.15, 0.2) is 6.33 Å². The molecule has 1 aromatic heterocycles. The summed E-state index contributed by atoms with van der Waals surface area (Å²) in [6.45, 7) is 4.47. The van der Waals surface area contributed by atoms with Gasteiger partial charge in [0.25, 0.3) is 0 Å². The molecule has 0 unspecified atom stereocenters. The molecule has 0 saturated carbocycles. The number of hydrogen-bond acceptors (Lipinski definition) is 3. The SMILES string of the molecule is CCCCCCc1ncnc(CCCCCC)n1. The lowest BCUT2D eigenvalue weighted by Crippen LogP contribution is -2.02. The molecule has 0 aliphatic carbocycles. The van der Waals surface area contributed by atoms with Gasteiger partial charge in [0, 0.05) is 12.8 Å². The zero-order valence-electron chi connectivity index (χ0n) is 12.0. The average molecular weight is 249 g/mol. The Kier molecular flexibility index (Phi) is 8.36. The molecule has 1 aromatic rings. The van der Waals surface area contributed by atoms with Crippen molar-refractivity contribution >= 4 is 0 Å². The van der Waals surface area contributed by atoms with Gasteiger partial charge in [-0.2, -0.15) is 0 Å². The van der Waals surface area contributed by atoms with E-state index in [1.165, 1.54) is 51.4 Å². The van der Waals surface area contributed by atoms with E-state index in [0.29, 0.717) is 0 Å². The molecule has 0 aliphatic heterocycles. The minimum Gasteiger partial charge on any atom is -0.221 e. The number of nitrogens with zero attached hydrogens (tertiary/aromatic N) is 3. The summed E-state index contributed by atoms with van der Waals surface area (Å²) in [5.74, 6) is 1.96. The Balaban J connectivity index is 2.27. The monoisotopic (exact) mass is 249 g/mol. The van der Waals surface area contributed by atoms with Gasteiger partial charge in [-0.15, -0.1) is 0 Å². The van der Waals surface area contributed by atoms with E-state index in [1.54, 1.807) is 6.33 Å². The van der Waals surface area contributed by atoms with Crippen molar-refractivity contribution in [1.29, 1.82) is 0 Å². The first kappa shape index (κ1) is 15.1. The lowest BCUT2D eigenvalue weighted by Gasteiger charge is -2.03. The maximum atomic E-state index is 4.55. The fourth-order valence-corrected chi connectivity index (χ4v) is 2.03. The van der Waals surface area contributed by atoms with Crippen molar-refractivity contribution in [2.75, 3.05) is 0 Å². The molecule has 1 heterocycles. The maximum absolute atomic E-state index is 4.55. The number of hydrogen-bond donors (Lipinski definition) is 0. The van der Waals surface area contributed by atoms with Gasteiger partial charge in [-0.25, -0.2) is 15.0 Å². The third-order valence-electron chi connectivity index (χ3n) is 3.18. The number of aromatic nitrogens is 3. The Morgan fingerprint density at radius 1 is 0.722 bits per heavy atom. The summed E-state index contributed by atoms with van der Waals surface area (Å²) in [5, 5.41) is 0. The first-order valence-electron chi connectivity index (χ1n) is 7.53. The highest BCUT2D eigenvalue weighted by molar-refractivity contribution is 4.91. The van der Waals surface area contributed by atoms with Crippen LogP contribution in [-0.2, 0) is 12.8 Å². The van der Waals surface area contributed by atoms with Gasteiger partial charge in [0.1, 0.15) is 18.0 Å². The van der Waals surface area contributed by atoms with E-state index in [9.17, 15) is 0 Å². The van der Waals surface area contributed by atoms with Gasteiger partial charge in [0.2, 0.25) is 0 Å². The Bertz CT molecular complexity index is 285. The van der Waals surface area contributed by atoms with Gasteiger partial charge in [-0.05, 0) is 12.8 Å². The molecule has 0 aliphatic rings. The lowest BCUT2D eigenvalue weighted by molar-refractivity contribution is 0.629. The smallest absolute Gasteiger partial charge is 0.132 e. The van der Waals surface area contributed by atoms with Crippen LogP contribution in [0.5, 0.6) is 0 Å². The largest absolute Gasteiger partial charge is 0.221 e. The first-order valence-corrected chi connectivity index (χ1v) is 7.53. The minimum absolute atomic E-state index is 0.978. The number of rotatable bonds is 10. The highest BCUT2D eigenvalue weighted by Crippen LogP contribution is 2.06. The normalized spacial score (nSPS) is 10.8. The molecule has 0 amide bonds. The van der Waals surface area contributed by atoms with E-state index in [1.807, 2.05) is 0 Å². The molecular formula is C15H27N3. The van der Waals surface area contributed by atoms with E-state index in [2.05, 4.69) is 28.8 Å². The fourth-order valence-electron chi connectivity index (χ4n) is 2.03. The summed E-state index contributed by atoms with van der Waals surface area (Å²) in [5.41, 5.74) is 0. The Labute approximate surface area is 111 Å². The fraction of sp³-hybridized carbons (Fsp3) is 0.800. The van der Waals surface area contributed by atoms with Crippen molar-refractivity contribution in [2.45, 2.75) is 78.1 Å². The summed E-state index contributed by atoms with van der Waals surface area (Å²) >= 11 is 0. The molecule has 0 bridgehead atoms. The maximum Gasteiger partial charge on any atom is 0.132 e. The molecule has 0 spiro atoms. The number of aryl methyl sites for hydroxylation is 2. The van der Waals surface area contributed by atoms with Crippen LogP contribution in [-0.4, -0.2) is 15.0 Å². The quantitative estimate of drug-likeness (QED) is 0.585. The minimum atomic E-state index is 0.978. The Hall–Kier alpha value is -0.990. The zero-order chi connectivity index (χ0) is 13.1. The second kappa shape index (κ2) is 9.98. The van der Waals surface area contributed by atoms with Gasteiger partial charge in [0.05, 0.1) is 0 Å². The summed E-state index contributed by atoms with van der Waals surface area (Å²) in [7, 11) is 0. The van der Waals surface area contributed by atoms with Gasteiger partial charge in [-0.1, -0.05) is 52.4 Å². The molecule has 18 heavy (non-hydrogen) atoms. The third-order valence-corrected chi connectivity index (χ3v) is 3.18. The van der Waals surface area contributed by atoms with Crippen molar-refractivity contribution in [3.63, 3.8) is 0 Å². The second-order valence-electron chi connectivity index (χ2n) is 4.94. The highest BCUT2D eigenvalue weighted by Gasteiger charge is 2.01. The average Bonchev–Trinajstić information content (AvgIpc) is 2.40. The van der Waals surface area contributed by atoms with Crippen LogP contribution in [0.25, 0.3) is 0 Å². The van der Waals surface area contributed by atoms with Gasteiger partial charge < -0.3 is 0 Å². The van der Waals surface area contributed by atoms with E-state index in [-0.39, 0.29) is 0 Å². The molecule has 0 radical (unpaired) electrons. The van der Waals surface area contributed by atoms with Crippen LogP contribution in [0.4, 0.5) is 0 Å². The lowest BCUT2D eigenvalue weighted by atomic mass is 10.1. The zero-order valence-corrected chi connectivity index (χ0v) is 12.0. The van der Waals surface area contributed by atoms with Crippen molar-refractivity contribution < 1.29 is 0 Å². The predicted molar refractivity (Wildman–Crippen MR) is 75.5 cm³/mol. The summed E-state index contributed by atoms with van der Waals surface area (Å²) in [6.07, 6.45) is 13.8. The second-order valence-corrected chi connectivity index (χ2v) is 4.94. The standard InChI is InChI=1S/C15H27N3/c1-3-5-7-9-11-14-16-13-17-15(18-14)12-10-8-6-4-2/h13H,3-12H2,1-2H3. The van der Waals surface area contributed by atoms with Crippen LogP contribution in [0.3, 0.4) is 0 Å². The van der Waals surface area contributed by atoms with Crippen LogP contribution in [0.2, 0.25) is 0 Å². The molecule has 0 saturated heterocycles. The van der Waals surface area contributed by atoms with E-state index >= 15 is 0 Å². The summed E-state index contributed by atoms with van der Waals surface area (Å²) in [4.78, 5) is 13.1. The van der Waals surface area contributed by atoms with Gasteiger partial charge in [0.15, 0.2) is 0 Å². The molecule has 3 heteroatoms. The first-order chi connectivity index (χ1) is 8.86. The van der Waals surface area contributed by atoms with Crippen LogP contribution >= 0.6 is 0 Å². The van der Waals surface area contributed by atoms with Gasteiger partial charge >= 0.3 is 0 Å². The van der Waals surface area contributed by atoms with E-state index in [0.717, 1.165) is 24.5 Å². The third kappa shape index (κ3) is 6.67. The molecule has 0 atom stereocenters. The molecule has 0 N–H and O–H groups in total. The molecule has 0 aromatic carbocycles. The molecular weight excluding hydrogens is 222 g/mol. The van der Waals surface area contributed by atoms with Crippen molar-refractivity contribution in [1.82, 2.24) is 15.0 Å². The Morgan fingerprint density at radius 3 is 1.67 bits per heavy atom. The molecule has 1 rings (SSSR count). The predicted octanol–water partition coefficient (Wildman–Crippen LogP) is 4.12. The molecule has 102 valence electrons. The van der Waals surface area contributed by atoms with Crippen LogP contribution in [0.1, 0.15) is 76.9 Å². The van der Waals surface area contributed by atoms with Gasteiger partial charge in [-0.3, -0.25) is 0 Å². The van der Waals surface area contributed by atoms with Crippen molar-refractivity contribution in [3.8, 4) is 0 Å². The highest BCUT2D eigenvalue weighted by atomic mass is 15.0. The Morgan fingerprint density at radius 2 is 1.22 bits per heavy atom. The molecule has 0 fully saturated rings. The van der Waals surface area contributed by atoms with Crippen molar-refractivity contribution in [3.05, 3.63) is 18.0 Å².